The third-order valence-electron chi connectivity index (χ3n) is 4.43. The van der Waals surface area contributed by atoms with Crippen molar-refractivity contribution >= 4 is 11.3 Å². The number of aryl methyl sites for hydroxylation is 2. The fourth-order valence-corrected chi connectivity index (χ4v) is 4.34. The Balaban J connectivity index is 1.94. The summed E-state index contributed by atoms with van der Waals surface area (Å²) >= 11 is 1.91. The molecule has 2 nitrogen and oxygen atoms in total. The van der Waals surface area contributed by atoms with Gasteiger partial charge in [-0.15, -0.1) is 11.3 Å². The Hall–Kier alpha value is -0.380. The van der Waals surface area contributed by atoms with Crippen LogP contribution in [0.1, 0.15) is 48.0 Å². The summed E-state index contributed by atoms with van der Waals surface area (Å²) in [5, 5.41) is 3.82. The Morgan fingerprint density at radius 1 is 1.37 bits per heavy atom. The number of hydrogen-bond acceptors (Lipinski definition) is 3. The highest BCUT2D eigenvalue weighted by atomic mass is 32.1. The van der Waals surface area contributed by atoms with Crippen molar-refractivity contribution in [3.63, 3.8) is 0 Å². The normalized spacial score (nSPS) is 24.4. The molecule has 0 saturated carbocycles. The molecule has 0 spiro atoms. The molecule has 108 valence electrons. The summed E-state index contributed by atoms with van der Waals surface area (Å²) in [7, 11) is 2.24. The highest BCUT2D eigenvalue weighted by molar-refractivity contribution is 7.12. The minimum atomic E-state index is 0.465. The first-order valence-electron chi connectivity index (χ1n) is 7.49. The average Bonchev–Trinajstić information content (AvgIpc) is 2.68. The molecule has 3 atom stereocenters. The van der Waals surface area contributed by atoms with Gasteiger partial charge in [0.2, 0.25) is 0 Å². The van der Waals surface area contributed by atoms with E-state index in [1.807, 2.05) is 11.3 Å². The third-order valence-corrected chi connectivity index (χ3v) is 5.41. The van der Waals surface area contributed by atoms with Gasteiger partial charge >= 0.3 is 0 Å². The van der Waals surface area contributed by atoms with Crippen LogP contribution in [0.3, 0.4) is 0 Å². The lowest BCUT2D eigenvalue weighted by atomic mass is 9.91. The maximum atomic E-state index is 3.82. The van der Waals surface area contributed by atoms with E-state index in [1.165, 1.54) is 41.2 Å². The predicted octanol–water partition coefficient (Wildman–Crippen LogP) is 3.75. The zero-order valence-corrected chi connectivity index (χ0v) is 13.8. The van der Waals surface area contributed by atoms with Crippen LogP contribution in [0.2, 0.25) is 0 Å². The van der Waals surface area contributed by atoms with E-state index in [0.29, 0.717) is 12.1 Å². The molecule has 3 unspecified atom stereocenters. The molecule has 1 aromatic heterocycles. The van der Waals surface area contributed by atoms with Crippen LogP contribution < -0.4 is 5.32 Å². The SMILES string of the molecule is Cc1cc(C(C)NC(C)C2CCCN(C)C2)c(C)s1. The number of rotatable bonds is 4. The lowest BCUT2D eigenvalue weighted by Crippen LogP contribution is -2.43. The van der Waals surface area contributed by atoms with E-state index >= 15 is 0 Å². The molecule has 0 bridgehead atoms. The molecule has 0 aliphatic carbocycles. The molecule has 1 aromatic rings. The molecule has 0 radical (unpaired) electrons. The van der Waals surface area contributed by atoms with Gasteiger partial charge in [0.15, 0.2) is 0 Å². The van der Waals surface area contributed by atoms with E-state index in [2.05, 4.69) is 51.0 Å². The minimum absolute atomic E-state index is 0.465. The molecule has 1 saturated heterocycles. The molecule has 19 heavy (non-hydrogen) atoms. The van der Waals surface area contributed by atoms with Gasteiger partial charge in [-0.05, 0) is 71.7 Å². The zero-order valence-electron chi connectivity index (χ0n) is 13.0. The first-order chi connectivity index (χ1) is 8.97. The summed E-state index contributed by atoms with van der Waals surface area (Å²) < 4.78 is 0. The molecule has 2 rings (SSSR count). The van der Waals surface area contributed by atoms with Gasteiger partial charge in [0.05, 0.1) is 0 Å². The van der Waals surface area contributed by atoms with Crippen molar-refractivity contribution in [2.45, 2.75) is 52.6 Å². The molecule has 1 aliphatic heterocycles. The van der Waals surface area contributed by atoms with Gasteiger partial charge < -0.3 is 10.2 Å². The zero-order chi connectivity index (χ0) is 14.0. The van der Waals surface area contributed by atoms with Gasteiger partial charge in [-0.2, -0.15) is 0 Å². The van der Waals surface area contributed by atoms with Crippen LogP contribution in [0.15, 0.2) is 6.07 Å². The fourth-order valence-electron chi connectivity index (χ4n) is 3.31. The van der Waals surface area contributed by atoms with Crippen LogP contribution in [0.5, 0.6) is 0 Å². The molecule has 1 aliphatic rings. The van der Waals surface area contributed by atoms with Gasteiger partial charge in [-0.3, -0.25) is 0 Å². The van der Waals surface area contributed by atoms with Crippen LogP contribution in [0.25, 0.3) is 0 Å². The predicted molar refractivity (Wildman–Crippen MR) is 85.0 cm³/mol. The molecular formula is C16H28N2S. The fraction of sp³-hybridized carbons (Fsp3) is 0.750. The Labute approximate surface area is 122 Å². The number of thiophene rings is 1. The maximum Gasteiger partial charge on any atom is 0.0305 e. The van der Waals surface area contributed by atoms with Gasteiger partial charge in [0, 0.05) is 28.4 Å². The van der Waals surface area contributed by atoms with E-state index in [9.17, 15) is 0 Å². The number of piperidine rings is 1. The quantitative estimate of drug-likeness (QED) is 0.903. The highest BCUT2D eigenvalue weighted by Gasteiger charge is 2.24. The summed E-state index contributed by atoms with van der Waals surface area (Å²) in [6.45, 7) is 11.6. The van der Waals surface area contributed by atoms with Crippen LogP contribution in [0, 0.1) is 19.8 Å². The number of likely N-dealkylation sites (tertiary alicyclic amines) is 1. The standard InChI is InChI=1S/C16H28N2S/c1-11-9-16(14(4)19-11)13(3)17-12(2)15-7-6-8-18(5)10-15/h9,12-13,15,17H,6-8,10H2,1-5H3. The Morgan fingerprint density at radius 3 is 2.68 bits per heavy atom. The van der Waals surface area contributed by atoms with E-state index in [4.69, 9.17) is 0 Å². The van der Waals surface area contributed by atoms with Crippen LogP contribution in [0.4, 0.5) is 0 Å². The topological polar surface area (TPSA) is 15.3 Å². The minimum Gasteiger partial charge on any atom is -0.307 e. The van der Waals surface area contributed by atoms with Crippen LogP contribution in [-0.2, 0) is 0 Å². The van der Waals surface area contributed by atoms with Crippen molar-refractivity contribution in [3.8, 4) is 0 Å². The Morgan fingerprint density at radius 2 is 2.11 bits per heavy atom. The van der Waals surface area contributed by atoms with E-state index in [1.54, 1.807) is 0 Å². The average molecular weight is 280 g/mol. The second-order valence-corrected chi connectivity index (χ2v) is 7.67. The number of nitrogens with one attached hydrogen (secondary N) is 1. The number of nitrogens with zero attached hydrogens (tertiary/aromatic N) is 1. The summed E-state index contributed by atoms with van der Waals surface area (Å²) in [5.41, 5.74) is 1.48. The van der Waals surface area contributed by atoms with Crippen molar-refractivity contribution < 1.29 is 0 Å². The first-order valence-corrected chi connectivity index (χ1v) is 8.30. The monoisotopic (exact) mass is 280 g/mol. The third kappa shape index (κ3) is 3.80. The summed E-state index contributed by atoms with van der Waals surface area (Å²) in [6.07, 6.45) is 2.71. The van der Waals surface area contributed by atoms with Gasteiger partial charge in [0.25, 0.3) is 0 Å². The van der Waals surface area contributed by atoms with Gasteiger partial charge in [-0.1, -0.05) is 0 Å². The molecule has 1 fully saturated rings. The van der Waals surface area contributed by atoms with Gasteiger partial charge in [-0.25, -0.2) is 0 Å². The largest absolute Gasteiger partial charge is 0.307 e. The Kier molecular flexibility index (Phi) is 5.04. The second-order valence-electron chi connectivity index (χ2n) is 6.21. The van der Waals surface area contributed by atoms with Crippen molar-refractivity contribution in [2.75, 3.05) is 20.1 Å². The van der Waals surface area contributed by atoms with Gasteiger partial charge in [0.1, 0.15) is 0 Å². The smallest absolute Gasteiger partial charge is 0.0305 e. The highest BCUT2D eigenvalue weighted by Crippen LogP contribution is 2.28. The van der Waals surface area contributed by atoms with Crippen molar-refractivity contribution in [2.24, 2.45) is 5.92 Å². The summed E-state index contributed by atoms with van der Waals surface area (Å²) in [5.74, 6) is 0.793. The summed E-state index contributed by atoms with van der Waals surface area (Å²) in [4.78, 5) is 5.36. The van der Waals surface area contributed by atoms with E-state index < -0.39 is 0 Å². The Bertz CT molecular complexity index is 413. The molecule has 0 aromatic carbocycles. The van der Waals surface area contributed by atoms with Crippen molar-refractivity contribution in [1.82, 2.24) is 10.2 Å². The van der Waals surface area contributed by atoms with Crippen LogP contribution in [-0.4, -0.2) is 31.1 Å². The molecule has 1 N–H and O–H groups in total. The first kappa shape index (κ1) is 15.0. The maximum absolute atomic E-state index is 3.82. The summed E-state index contributed by atoms with van der Waals surface area (Å²) in [6, 6.07) is 3.40. The molecule has 0 amide bonds. The molecular weight excluding hydrogens is 252 g/mol. The van der Waals surface area contributed by atoms with Crippen molar-refractivity contribution in [3.05, 3.63) is 21.4 Å². The lowest BCUT2D eigenvalue weighted by molar-refractivity contribution is 0.174. The van der Waals surface area contributed by atoms with E-state index in [0.717, 1.165) is 5.92 Å². The van der Waals surface area contributed by atoms with Crippen molar-refractivity contribution in [1.29, 1.82) is 0 Å². The lowest BCUT2D eigenvalue weighted by Gasteiger charge is -2.35. The second kappa shape index (κ2) is 6.38. The number of hydrogen-bond donors (Lipinski definition) is 1. The van der Waals surface area contributed by atoms with Crippen LogP contribution >= 0.6 is 11.3 Å². The molecule has 2 heterocycles. The van der Waals surface area contributed by atoms with E-state index in [-0.39, 0.29) is 0 Å². The molecule has 3 heteroatoms.